The van der Waals surface area contributed by atoms with Gasteiger partial charge in [0.2, 0.25) is 0 Å². The summed E-state index contributed by atoms with van der Waals surface area (Å²) in [6, 6.07) is 0. The minimum atomic E-state index is -3.85. The SMILES string of the molecule is CCCCCCCCCCCCCCC(C)COCC(COP(=O)(O)C(C)CN)OC(=O)CC. The van der Waals surface area contributed by atoms with Crippen LogP contribution in [0.4, 0.5) is 0 Å². The van der Waals surface area contributed by atoms with Gasteiger partial charge in [-0.3, -0.25) is 9.36 Å². The van der Waals surface area contributed by atoms with Crippen LogP contribution in [0.2, 0.25) is 0 Å². The second-order valence-electron chi connectivity index (χ2n) is 9.73. The molecule has 0 rings (SSSR count). The highest BCUT2D eigenvalue weighted by molar-refractivity contribution is 7.53. The zero-order valence-electron chi connectivity index (χ0n) is 22.5. The molecule has 0 aromatic rings. The molecule has 204 valence electrons. The lowest BCUT2D eigenvalue weighted by atomic mass is 10.0. The van der Waals surface area contributed by atoms with Crippen molar-refractivity contribution in [3.63, 3.8) is 0 Å². The van der Waals surface area contributed by atoms with Crippen LogP contribution in [0.3, 0.4) is 0 Å². The number of ether oxygens (including phenoxy) is 2. The van der Waals surface area contributed by atoms with Gasteiger partial charge in [-0.2, -0.15) is 0 Å². The summed E-state index contributed by atoms with van der Waals surface area (Å²) in [6.45, 7) is 8.24. The standard InChI is InChI=1S/C26H54NO6P/c1-5-7-8-9-10-11-12-13-14-15-16-17-18-23(3)20-31-21-25(33-26(28)6-2)22-32-34(29,30)24(4)19-27/h23-25H,5-22,27H2,1-4H3,(H,29,30). The second kappa shape index (κ2) is 21.8. The minimum Gasteiger partial charge on any atom is -0.457 e. The van der Waals surface area contributed by atoms with Crippen molar-refractivity contribution in [2.75, 3.05) is 26.4 Å². The smallest absolute Gasteiger partial charge is 0.332 e. The Balaban J connectivity index is 3.94. The molecule has 4 atom stereocenters. The van der Waals surface area contributed by atoms with Gasteiger partial charge in [0.05, 0.1) is 18.9 Å². The quantitative estimate of drug-likeness (QED) is 0.0860. The molecule has 0 spiro atoms. The monoisotopic (exact) mass is 507 g/mol. The lowest BCUT2D eigenvalue weighted by Gasteiger charge is -2.23. The van der Waals surface area contributed by atoms with Gasteiger partial charge in [0, 0.05) is 19.6 Å². The Morgan fingerprint density at radius 1 is 0.853 bits per heavy atom. The number of carbonyl (C=O) groups is 1. The van der Waals surface area contributed by atoms with Crippen LogP contribution in [0.5, 0.6) is 0 Å². The number of rotatable bonds is 24. The number of esters is 1. The third kappa shape index (κ3) is 18.8. The largest absolute Gasteiger partial charge is 0.457 e. The highest BCUT2D eigenvalue weighted by atomic mass is 31.2. The van der Waals surface area contributed by atoms with Gasteiger partial charge >= 0.3 is 13.6 Å². The van der Waals surface area contributed by atoms with Crippen LogP contribution in [0.1, 0.15) is 118 Å². The van der Waals surface area contributed by atoms with Crippen molar-refractivity contribution in [3.8, 4) is 0 Å². The summed E-state index contributed by atoms with van der Waals surface area (Å²) in [7, 11) is -3.85. The van der Waals surface area contributed by atoms with Gasteiger partial charge in [-0.25, -0.2) is 0 Å². The van der Waals surface area contributed by atoms with Crippen LogP contribution >= 0.6 is 7.60 Å². The molecule has 0 heterocycles. The Morgan fingerprint density at radius 2 is 1.38 bits per heavy atom. The maximum atomic E-state index is 12.2. The van der Waals surface area contributed by atoms with Crippen molar-refractivity contribution < 1.29 is 28.3 Å². The van der Waals surface area contributed by atoms with Gasteiger partial charge in [0.15, 0.2) is 0 Å². The van der Waals surface area contributed by atoms with E-state index in [1.54, 1.807) is 13.8 Å². The Bertz CT molecular complexity index is 533. The van der Waals surface area contributed by atoms with Gasteiger partial charge in [-0.15, -0.1) is 0 Å². The molecule has 0 aliphatic carbocycles. The molecule has 4 unspecified atom stereocenters. The third-order valence-electron chi connectivity index (χ3n) is 6.19. The van der Waals surface area contributed by atoms with Crippen molar-refractivity contribution in [1.29, 1.82) is 0 Å². The lowest BCUT2D eigenvalue weighted by Crippen LogP contribution is -2.30. The lowest BCUT2D eigenvalue weighted by molar-refractivity contribution is -0.154. The van der Waals surface area contributed by atoms with E-state index in [4.69, 9.17) is 19.7 Å². The fourth-order valence-corrected chi connectivity index (χ4v) is 4.55. The number of nitrogens with two attached hydrogens (primary N) is 1. The number of unbranched alkanes of at least 4 members (excludes halogenated alkanes) is 11. The molecule has 0 aliphatic rings. The van der Waals surface area contributed by atoms with Crippen LogP contribution in [0, 0.1) is 5.92 Å². The molecule has 0 saturated heterocycles. The van der Waals surface area contributed by atoms with Crippen LogP contribution in [-0.2, 0) is 23.4 Å². The summed E-state index contributed by atoms with van der Waals surface area (Å²) in [5, 5.41) is 0. The van der Waals surface area contributed by atoms with E-state index >= 15 is 0 Å². The molecule has 0 aromatic carbocycles. The molecule has 0 amide bonds. The van der Waals surface area contributed by atoms with Crippen LogP contribution in [0.25, 0.3) is 0 Å². The van der Waals surface area contributed by atoms with Gasteiger partial charge < -0.3 is 24.6 Å². The fourth-order valence-electron chi connectivity index (χ4n) is 3.65. The molecular weight excluding hydrogens is 453 g/mol. The summed E-state index contributed by atoms with van der Waals surface area (Å²) < 4.78 is 28.4. The number of hydrogen-bond donors (Lipinski definition) is 2. The topological polar surface area (TPSA) is 108 Å². The molecule has 0 saturated carbocycles. The van der Waals surface area contributed by atoms with E-state index < -0.39 is 19.4 Å². The number of carbonyl (C=O) groups excluding carboxylic acids is 1. The number of hydrogen-bond acceptors (Lipinski definition) is 6. The van der Waals surface area contributed by atoms with E-state index in [2.05, 4.69) is 13.8 Å². The Hall–Kier alpha value is -0.460. The summed E-state index contributed by atoms with van der Waals surface area (Å²) in [4.78, 5) is 21.6. The molecular formula is C26H54NO6P. The molecule has 0 aliphatic heterocycles. The summed E-state index contributed by atoms with van der Waals surface area (Å²) >= 11 is 0. The minimum absolute atomic E-state index is 0.0420. The van der Waals surface area contributed by atoms with Crippen molar-refractivity contribution >= 4 is 13.6 Å². The molecule has 0 radical (unpaired) electrons. The van der Waals surface area contributed by atoms with Crippen molar-refractivity contribution in [2.24, 2.45) is 11.7 Å². The zero-order valence-corrected chi connectivity index (χ0v) is 23.4. The van der Waals surface area contributed by atoms with E-state index in [-0.39, 0.29) is 32.1 Å². The first-order valence-electron chi connectivity index (χ1n) is 13.7. The molecule has 34 heavy (non-hydrogen) atoms. The van der Waals surface area contributed by atoms with E-state index in [1.165, 1.54) is 77.0 Å². The summed E-state index contributed by atoms with van der Waals surface area (Å²) in [5.41, 5.74) is 4.79. The van der Waals surface area contributed by atoms with Gasteiger partial charge in [-0.1, -0.05) is 97.8 Å². The van der Waals surface area contributed by atoms with E-state index in [0.717, 1.165) is 6.42 Å². The Labute approximate surface area is 209 Å². The van der Waals surface area contributed by atoms with E-state index in [9.17, 15) is 14.3 Å². The van der Waals surface area contributed by atoms with Crippen LogP contribution < -0.4 is 5.73 Å². The van der Waals surface area contributed by atoms with Crippen LogP contribution in [-0.4, -0.2) is 49.0 Å². The predicted molar refractivity (Wildman–Crippen MR) is 140 cm³/mol. The highest BCUT2D eigenvalue weighted by Gasteiger charge is 2.29. The van der Waals surface area contributed by atoms with Gasteiger partial charge in [0.1, 0.15) is 6.10 Å². The van der Waals surface area contributed by atoms with Crippen LogP contribution in [0.15, 0.2) is 0 Å². The van der Waals surface area contributed by atoms with Gasteiger partial charge in [-0.05, 0) is 19.3 Å². The molecule has 0 aromatic heterocycles. The van der Waals surface area contributed by atoms with Crippen molar-refractivity contribution in [3.05, 3.63) is 0 Å². The fraction of sp³-hybridized carbons (Fsp3) is 0.962. The van der Waals surface area contributed by atoms with E-state index in [1.807, 2.05) is 0 Å². The van der Waals surface area contributed by atoms with Crippen molar-refractivity contribution in [2.45, 2.75) is 129 Å². The normalized spacial score (nSPS) is 16.1. The Kier molecular flexibility index (Phi) is 21.5. The molecule has 8 heteroatoms. The van der Waals surface area contributed by atoms with Crippen molar-refractivity contribution in [1.82, 2.24) is 0 Å². The van der Waals surface area contributed by atoms with E-state index in [0.29, 0.717) is 12.5 Å². The maximum Gasteiger partial charge on any atom is 0.332 e. The first-order chi connectivity index (χ1) is 16.3. The molecule has 0 bridgehead atoms. The summed E-state index contributed by atoms with van der Waals surface area (Å²) in [5.74, 6) is 0.0224. The predicted octanol–water partition coefficient (Wildman–Crippen LogP) is 6.60. The first-order valence-corrected chi connectivity index (χ1v) is 15.4. The molecule has 3 N–H and O–H groups in total. The second-order valence-corrected chi connectivity index (χ2v) is 12.0. The molecule has 7 nitrogen and oxygen atoms in total. The maximum absolute atomic E-state index is 12.2. The molecule has 0 fully saturated rings. The average molecular weight is 508 g/mol. The first kappa shape index (κ1) is 33.5. The average Bonchev–Trinajstić information content (AvgIpc) is 2.82. The third-order valence-corrected chi connectivity index (χ3v) is 8.03. The highest BCUT2D eigenvalue weighted by Crippen LogP contribution is 2.46. The van der Waals surface area contributed by atoms with Gasteiger partial charge in [0.25, 0.3) is 0 Å². The zero-order chi connectivity index (χ0) is 25.7. The Morgan fingerprint density at radius 3 is 1.88 bits per heavy atom. The summed E-state index contributed by atoms with van der Waals surface area (Å²) in [6.07, 6.45) is 16.7.